The molecule has 1 aliphatic carbocycles. The summed E-state index contributed by atoms with van der Waals surface area (Å²) in [6.07, 6.45) is 9.15. The number of aromatic nitrogens is 2. The molecule has 2 heterocycles. The average Bonchev–Trinajstić information content (AvgIpc) is 3.04. The first-order chi connectivity index (χ1) is 13.8. The number of hydrogen-bond acceptors (Lipinski definition) is 0. The largest absolute Gasteiger partial charge is 0.340 e. The van der Waals surface area contributed by atoms with Gasteiger partial charge in [-0.15, -0.1) is 0 Å². The van der Waals surface area contributed by atoms with E-state index in [1.807, 2.05) is 6.07 Å². The highest BCUT2D eigenvalue weighted by Gasteiger charge is 2.19. The van der Waals surface area contributed by atoms with E-state index in [-0.39, 0.29) is 5.82 Å². The van der Waals surface area contributed by atoms with Gasteiger partial charge < -0.3 is 4.57 Å². The fourth-order valence-corrected chi connectivity index (χ4v) is 4.50. The van der Waals surface area contributed by atoms with E-state index in [4.69, 9.17) is 0 Å². The van der Waals surface area contributed by atoms with Crippen LogP contribution >= 0.6 is 0 Å². The predicted molar refractivity (Wildman–Crippen MR) is 110 cm³/mol. The number of para-hydroxylation sites is 1. The van der Waals surface area contributed by atoms with Crippen LogP contribution in [-0.2, 0) is 25.9 Å². The van der Waals surface area contributed by atoms with E-state index >= 15 is 0 Å². The highest BCUT2D eigenvalue weighted by atomic mass is 19.1. The Morgan fingerprint density at radius 3 is 2.54 bits per heavy atom. The lowest BCUT2D eigenvalue weighted by molar-refractivity contribution is -0.688. The summed E-state index contributed by atoms with van der Waals surface area (Å²) < 4.78 is 18.0. The minimum atomic E-state index is -0.182. The highest BCUT2D eigenvalue weighted by molar-refractivity contribution is 5.86. The van der Waals surface area contributed by atoms with Gasteiger partial charge >= 0.3 is 0 Å². The Morgan fingerprint density at radius 2 is 1.68 bits per heavy atom. The Morgan fingerprint density at radius 1 is 0.857 bits per heavy atom. The zero-order valence-corrected chi connectivity index (χ0v) is 15.9. The third-order valence-electron chi connectivity index (χ3n) is 5.84. The number of nitrogens with zero attached hydrogens (tertiary/aromatic N) is 2. The van der Waals surface area contributed by atoms with Crippen LogP contribution in [-0.4, -0.2) is 4.57 Å². The molecule has 0 unspecified atom stereocenters. The third kappa shape index (κ3) is 3.22. The van der Waals surface area contributed by atoms with E-state index in [0.29, 0.717) is 6.54 Å². The van der Waals surface area contributed by atoms with Crippen molar-refractivity contribution in [1.82, 2.24) is 4.57 Å². The minimum absolute atomic E-state index is 0.182. The fraction of sp³-hybridized carbons (Fsp3) is 0.240. The van der Waals surface area contributed by atoms with Crippen LogP contribution in [0.3, 0.4) is 0 Å². The second-order valence-corrected chi connectivity index (χ2v) is 7.74. The van der Waals surface area contributed by atoms with Crippen LogP contribution < -0.4 is 4.57 Å². The number of rotatable bonds is 4. The van der Waals surface area contributed by atoms with Crippen LogP contribution in [0.5, 0.6) is 0 Å². The quantitative estimate of drug-likeness (QED) is 0.444. The molecule has 0 saturated carbocycles. The van der Waals surface area contributed by atoms with Gasteiger partial charge in [0.1, 0.15) is 5.82 Å². The molecule has 5 rings (SSSR count). The van der Waals surface area contributed by atoms with Crippen molar-refractivity contribution in [2.75, 3.05) is 0 Å². The molecule has 0 fully saturated rings. The summed E-state index contributed by atoms with van der Waals surface area (Å²) in [5.74, 6) is -0.182. The number of hydrogen-bond donors (Lipinski definition) is 0. The summed E-state index contributed by atoms with van der Waals surface area (Å²) in [5.41, 5.74) is 6.70. The van der Waals surface area contributed by atoms with Crippen molar-refractivity contribution in [3.63, 3.8) is 0 Å². The maximum Gasteiger partial charge on any atom is 0.173 e. The molecule has 0 spiro atoms. The van der Waals surface area contributed by atoms with Gasteiger partial charge in [0.05, 0.1) is 0 Å². The van der Waals surface area contributed by atoms with Gasteiger partial charge in [0, 0.05) is 40.8 Å². The molecule has 0 radical (unpaired) electrons. The van der Waals surface area contributed by atoms with Crippen molar-refractivity contribution in [2.24, 2.45) is 0 Å². The maximum atomic E-state index is 13.4. The second-order valence-electron chi connectivity index (χ2n) is 7.74. The Balaban J connectivity index is 1.42. The fourth-order valence-electron chi connectivity index (χ4n) is 4.50. The normalized spacial score (nSPS) is 13.6. The summed E-state index contributed by atoms with van der Waals surface area (Å²) in [7, 11) is 0. The molecule has 0 aliphatic heterocycles. The molecule has 1 aliphatic rings. The lowest BCUT2D eigenvalue weighted by Crippen LogP contribution is -2.33. The molecular formula is C25H24FN2+. The lowest BCUT2D eigenvalue weighted by atomic mass is 9.95. The van der Waals surface area contributed by atoms with Crippen LogP contribution in [0.1, 0.15) is 35.2 Å². The van der Waals surface area contributed by atoms with E-state index in [0.717, 1.165) is 12.1 Å². The van der Waals surface area contributed by atoms with Gasteiger partial charge in [-0.3, -0.25) is 0 Å². The Kier molecular flexibility index (Phi) is 4.44. The standard InChI is InChI=1S/C25H24FN2/c26-21-7-5-6-20(16-21)17-27-14-12-19(13-15-27)18-28-24-10-3-1-8-22(24)23-9-2-4-11-25(23)28/h1,3,5-8,10,12-16H,2,4,9,11,17-18H2/q+1. The van der Waals surface area contributed by atoms with E-state index in [1.165, 1.54) is 53.9 Å². The number of halogens is 1. The summed E-state index contributed by atoms with van der Waals surface area (Å²) in [5, 5.41) is 1.43. The van der Waals surface area contributed by atoms with E-state index in [2.05, 4.69) is 57.9 Å². The zero-order valence-electron chi connectivity index (χ0n) is 15.9. The smallest absolute Gasteiger partial charge is 0.173 e. The van der Waals surface area contributed by atoms with Gasteiger partial charge in [0.2, 0.25) is 0 Å². The summed E-state index contributed by atoms with van der Waals surface area (Å²) in [6.45, 7) is 1.58. The maximum absolute atomic E-state index is 13.4. The molecule has 2 nitrogen and oxygen atoms in total. The van der Waals surface area contributed by atoms with E-state index in [1.54, 1.807) is 17.7 Å². The summed E-state index contributed by atoms with van der Waals surface area (Å²) >= 11 is 0. The van der Waals surface area contributed by atoms with Crippen molar-refractivity contribution in [3.05, 3.63) is 101 Å². The lowest BCUT2D eigenvalue weighted by Gasteiger charge is -2.16. The molecule has 3 heteroatoms. The monoisotopic (exact) mass is 371 g/mol. The molecule has 0 N–H and O–H groups in total. The molecule has 140 valence electrons. The topological polar surface area (TPSA) is 8.81 Å². The zero-order chi connectivity index (χ0) is 18.9. The second kappa shape index (κ2) is 7.23. The van der Waals surface area contributed by atoms with Crippen molar-refractivity contribution < 1.29 is 8.96 Å². The molecule has 2 aromatic heterocycles. The molecular weight excluding hydrogens is 347 g/mol. The Labute approximate surface area is 164 Å². The van der Waals surface area contributed by atoms with Gasteiger partial charge in [0.25, 0.3) is 0 Å². The van der Waals surface area contributed by atoms with E-state index < -0.39 is 0 Å². The van der Waals surface area contributed by atoms with Crippen LogP contribution in [0.15, 0.2) is 73.1 Å². The molecule has 0 amide bonds. The molecule has 2 aromatic carbocycles. The number of benzene rings is 2. The third-order valence-corrected chi connectivity index (χ3v) is 5.84. The van der Waals surface area contributed by atoms with Crippen molar-refractivity contribution in [1.29, 1.82) is 0 Å². The molecule has 0 bridgehead atoms. The van der Waals surface area contributed by atoms with Gasteiger partial charge in [0.15, 0.2) is 18.9 Å². The molecule has 0 atom stereocenters. The van der Waals surface area contributed by atoms with Crippen molar-refractivity contribution in [2.45, 2.75) is 38.8 Å². The summed E-state index contributed by atoms with van der Waals surface area (Å²) in [4.78, 5) is 0. The van der Waals surface area contributed by atoms with Gasteiger partial charge in [-0.1, -0.05) is 30.3 Å². The van der Waals surface area contributed by atoms with Crippen LogP contribution in [0.2, 0.25) is 0 Å². The molecule has 0 saturated heterocycles. The van der Waals surface area contributed by atoms with Crippen LogP contribution in [0, 0.1) is 5.82 Å². The SMILES string of the molecule is Fc1cccc(C[n+]2ccc(Cn3c4c(c5ccccc53)CCCC4)cc2)c1. The molecule has 28 heavy (non-hydrogen) atoms. The number of pyridine rings is 1. The first kappa shape index (κ1) is 17.2. The van der Waals surface area contributed by atoms with Gasteiger partial charge in [-0.25, -0.2) is 8.96 Å². The predicted octanol–water partition coefficient (Wildman–Crippen LogP) is 5.04. The van der Waals surface area contributed by atoms with Crippen molar-refractivity contribution >= 4 is 10.9 Å². The van der Waals surface area contributed by atoms with Crippen molar-refractivity contribution in [3.8, 4) is 0 Å². The minimum Gasteiger partial charge on any atom is -0.340 e. The van der Waals surface area contributed by atoms with Crippen LogP contribution in [0.4, 0.5) is 4.39 Å². The van der Waals surface area contributed by atoms with Gasteiger partial charge in [-0.2, -0.15) is 0 Å². The summed E-state index contributed by atoms with van der Waals surface area (Å²) in [6, 6.07) is 20.0. The molecule has 4 aromatic rings. The first-order valence-corrected chi connectivity index (χ1v) is 10.1. The van der Waals surface area contributed by atoms with Crippen LogP contribution in [0.25, 0.3) is 10.9 Å². The number of fused-ring (bicyclic) bond motifs is 3. The Hall–Kier alpha value is -2.94. The first-order valence-electron chi connectivity index (χ1n) is 10.1. The number of aryl methyl sites for hydroxylation is 1. The van der Waals surface area contributed by atoms with Gasteiger partial charge in [-0.05, 0) is 55.0 Å². The van der Waals surface area contributed by atoms with E-state index in [9.17, 15) is 4.39 Å². The Bertz CT molecular complexity index is 1130. The highest BCUT2D eigenvalue weighted by Crippen LogP contribution is 2.32. The average molecular weight is 371 g/mol.